The van der Waals surface area contributed by atoms with Gasteiger partial charge in [0.25, 0.3) is 11.1 Å². The van der Waals surface area contributed by atoms with E-state index in [1.165, 1.54) is 6.08 Å². The van der Waals surface area contributed by atoms with Crippen LogP contribution in [0, 0.1) is 0 Å². The lowest BCUT2D eigenvalue weighted by Crippen LogP contribution is -2.42. The number of thioether (sulfide) groups is 1. The van der Waals surface area contributed by atoms with Gasteiger partial charge in [0, 0.05) is 23.1 Å². The molecule has 1 aromatic rings. The molecule has 0 unspecified atom stereocenters. The van der Waals surface area contributed by atoms with Crippen molar-refractivity contribution in [3.05, 3.63) is 31.5 Å². The number of amides is 3. The van der Waals surface area contributed by atoms with E-state index in [4.69, 9.17) is 0 Å². The third kappa shape index (κ3) is 4.75. The van der Waals surface area contributed by atoms with Crippen molar-refractivity contribution in [3.63, 3.8) is 0 Å². The summed E-state index contributed by atoms with van der Waals surface area (Å²) in [6.07, 6.45) is 5.56. The molecule has 3 rings (SSSR count). The first-order valence-electron chi connectivity index (χ1n) is 8.58. The normalized spacial score (nSPS) is 19.7. The summed E-state index contributed by atoms with van der Waals surface area (Å²) >= 11 is 7.34. The maximum absolute atomic E-state index is 12.6. The second kappa shape index (κ2) is 8.79. The Morgan fingerprint density at radius 2 is 1.81 bits per heavy atom. The average molecular weight is 518 g/mol. The van der Waals surface area contributed by atoms with E-state index in [2.05, 4.69) is 31.9 Å². The topological polar surface area (TPSA) is 77.9 Å². The van der Waals surface area contributed by atoms with Gasteiger partial charge in [-0.15, -0.1) is 0 Å². The lowest BCUT2D eigenvalue weighted by molar-refractivity contribution is -0.135. The molecule has 6 nitrogen and oxygen atoms in total. The van der Waals surface area contributed by atoms with E-state index >= 15 is 0 Å². The van der Waals surface area contributed by atoms with Crippen molar-refractivity contribution in [1.29, 1.82) is 0 Å². The molecule has 2 aliphatic heterocycles. The molecular weight excluding hydrogens is 500 g/mol. The molecule has 144 valence electrons. The minimum absolute atomic E-state index is 0.0226. The van der Waals surface area contributed by atoms with Gasteiger partial charge in [0.05, 0.1) is 9.38 Å². The second-order valence-corrected chi connectivity index (χ2v) is 9.15. The van der Waals surface area contributed by atoms with Gasteiger partial charge in [-0.2, -0.15) is 0 Å². The van der Waals surface area contributed by atoms with Gasteiger partial charge in [-0.1, -0.05) is 28.8 Å². The van der Waals surface area contributed by atoms with Crippen molar-refractivity contribution in [1.82, 2.24) is 9.80 Å². The fourth-order valence-electron chi connectivity index (χ4n) is 3.03. The number of halogens is 2. The largest absolute Gasteiger partial charge is 0.506 e. The fraction of sp³-hybridized carbons (Fsp3) is 0.389. The molecule has 2 aliphatic rings. The lowest BCUT2D eigenvalue weighted by Gasteiger charge is -2.22. The van der Waals surface area contributed by atoms with Crippen molar-refractivity contribution in [2.75, 3.05) is 19.6 Å². The Kier molecular flexibility index (Phi) is 6.65. The smallest absolute Gasteiger partial charge is 0.294 e. The molecule has 2 saturated heterocycles. The molecule has 0 aromatic heterocycles. The third-order valence-corrected chi connectivity index (χ3v) is 6.44. The van der Waals surface area contributed by atoms with Crippen LogP contribution in [0.1, 0.15) is 31.2 Å². The zero-order valence-corrected chi connectivity index (χ0v) is 18.4. The number of hydrogen-bond acceptors (Lipinski definition) is 5. The van der Waals surface area contributed by atoms with E-state index in [-0.39, 0.29) is 23.1 Å². The van der Waals surface area contributed by atoms with Gasteiger partial charge in [0.1, 0.15) is 12.3 Å². The van der Waals surface area contributed by atoms with E-state index < -0.39 is 11.1 Å². The first kappa shape index (κ1) is 20.4. The highest BCUT2D eigenvalue weighted by Crippen LogP contribution is 2.37. The third-order valence-electron chi connectivity index (χ3n) is 4.47. The Morgan fingerprint density at radius 3 is 2.48 bits per heavy atom. The first-order chi connectivity index (χ1) is 12.9. The van der Waals surface area contributed by atoms with Crippen LogP contribution in [0.2, 0.25) is 0 Å². The lowest BCUT2D eigenvalue weighted by atomic mass is 10.2. The van der Waals surface area contributed by atoms with E-state index in [1.54, 1.807) is 17.0 Å². The van der Waals surface area contributed by atoms with Crippen LogP contribution in [0.4, 0.5) is 4.79 Å². The van der Waals surface area contributed by atoms with Gasteiger partial charge in [-0.25, -0.2) is 0 Å². The van der Waals surface area contributed by atoms with Crippen LogP contribution < -0.4 is 0 Å². The zero-order chi connectivity index (χ0) is 19.6. The summed E-state index contributed by atoms with van der Waals surface area (Å²) in [6.45, 7) is 1.10. The van der Waals surface area contributed by atoms with Crippen LogP contribution >= 0.6 is 43.6 Å². The predicted octanol–water partition coefficient (Wildman–Crippen LogP) is 4.36. The number of rotatable bonds is 3. The van der Waals surface area contributed by atoms with Crippen LogP contribution in [0.3, 0.4) is 0 Å². The van der Waals surface area contributed by atoms with E-state index in [0.29, 0.717) is 27.6 Å². The number of hydrogen-bond donors (Lipinski definition) is 1. The van der Waals surface area contributed by atoms with E-state index in [0.717, 1.165) is 42.3 Å². The first-order valence-corrected chi connectivity index (χ1v) is 11.0. The molecule has 0 radical (unpaired) electrons. The van der Waals surface area contributed by atoms with Gasteiger partial charge in [-0.05, 0) is 58.7 Å². The number of phenols is 1. The van der Waals surface area contributed by atoms with Crippen molar-refractivity contribution in [2.24, 2.45) is 0 Å². The molecule has 0 atom stereocenters. The second-order valence-electron chi connectivity index (χ2n) is 6.39. The van der Waals surface area contributed by atoms with Crippen molar-refractivity contribution in [3.8, 4) is 5.75 Å². The summed E-state index contributed by atoms with van der Waals surface area (Å²) in [4.78, 5) is 40.3. The van der Waals surface area contributed by atoms with E-state index in [1.807, 2.05) is 0 Å². The van der Waals surface area contributed by atoms with Crippen LogP contribution in [0.25, 0.3) is 6.08 Å². The molecule has 3 amide bonds. The minimum atomic E-state index is -0.510. The molecule has 2 heterocycles. The van der Waals surface area contributed by atoms with Crippen molar-refractivity contribution in [2.45, 2.75) is 25.7 Å². The average Bonchev–Trinajstić information content (AvgIpc) is 2.83. The molecule has 1 aromatic carbocycles. The monoisotopic (exact) mass is 516 g/mol. The molecule has 1 N–H and O–H groups in total. The Morgan fingerprint density at radius 1 is 1.15 bits per heavy atom. The molecule has 0 saturated carbocycles. The Balaban J connectivity index is 1.76. The van der Waals surface area contributed by atoms with Gasteiger partial charge in [-0.3, -0.25) is 19.3 Å². The molecule has 0 spiro atoms. The van der Waals surface area contributed by atoms with Crippen LogP contribution in [-0.2, 0) is 9.59 Å². The number of nitrogens with zero attached hydrogens (tertiary/aromatic N) is 2. The molecule has 0 bridgehead atoms. The Labute approximate surface area is 178 Å². The number of carbonyl (C=O) groups excluding carboxylic acids is 3. The predicted molar refractivity (Wildman–Crippen MR) is 111 cm³/mol. The number of phenolic OH excluding ortho intramolecular Hbond substituents is 1. The van der Waals surface area contributed by atoms with Gasteiger partial charge >= 0.3 is 0 Å². The Bertz CT molecular complexity index is 820. The zero-order valence-electron chi connectivity index (χ0n) is 14.4. The highest BCUT2D eigenvalue weighted by atomic mass is 79.9. The van der Waals surface area contributed by atoms with Crippen molar-refractivity contribution < 1.29 is 19.5 Å². The molecule has 27 heavy (non-hydrogen) atoms. The van der Waals surface area contributed by atoms with Crippen LogP contribution in [-0.4, -0.2) is 51.6 Å². The van der Waals surface area contributed by atoms with Crippen molar-refractivity contribution >= 4 is 66.8 Å². The SMILES string of the molecule is O=C(CN1C(=O)SC(=Cc2cc(Br)cc(Br)c2O)C1=O)N1CCCCCC1. The summed E-state index contributed by atoms with van der Waals surface area (Å²) in [7, 11) is 0. The number of carbonyl (C=O) groups is 3. The summed E-state index contributed by atoms with van der Waals surface area (Å²) in [5.74, 6) is -0.734. The maximum Gasteiger partial charge on any atom is 0.294 e. The Hall–Kier alpha value is -1.32. The maximum atomic E-state index is 12.6. The quantitative estimate of drug-likeness (QED) is 0.603. The number of likely N-dealkylation sites (tertiary alicyclic amines) is 1. The standard InChI is InChI=1S/C18H18Br2N2O4S/c19-12-7-11(16(24)13(20)9-12)8-14-17(25)22(18(26)27-14)10-15(23)21-5-3-1-2-4-6-21/h7-9,24H,1-6,10H2. The summed E-state index contributed by atoms with van der Waals surface area (Å²) in [6, 6.07) is 3.33. The summed E-state index contributed by atoms with van der Waals surface area (Å²) in [5.41, 5.74) is 0.403. The fourth-order valence-corrected chi connectivity index (χ4v) is 5.12. The molecular formula is C18H18Br2N2O4S. The van der Waals surface area contributed by atoms with Crippen LogP contribution in [0.15, 0.2) is 26.0 Å². The molecule has 2 fully saturated rings. The molecule has 9 heteroatoms. The van der Waals surface area contributed by atoms with E-state index in [9.17, 15) is 19.5 Å². The highest BCUT2D eigenvalue weighted by Gasteiger charge is 2.37. The summed E-state index contributed by atoms with van der Waals surface area (Å²) < 4.78 is 1.19. The highest BCUT2D eigenvalue weighted by molar-refractivity contribution is 9.11. The van der Waals surface area contributed by atoms with Gasteiger partial charge in [0.15, 0.2) is 0 Å². The van der Waals surface area contributed by atoms with Gasteiger partial charge in [0.2, 0.25) is 5.91 Å². The number of imide groups is 1. The number of benzene rings is 1. The van der Waals surface area contributed by atoms with Gasteiger partial charge < -0.3 is 10.0 Å². The van der Waals surface area contributed by atoms with Crippen LogP contribution in [0.5, 0.6) is 5.75 Å². The number of aromatic hydroxyl groups is 1. The minimum Gasteiger partial charge on any atom is -0.506 e. The summed E-state index contributed by atoms with van der Waals surface area (Å²) in [5, 5.41) is 9.68. The molecule has 0 aliphatic carbocycles.